The average Bonchev–Trinajstić information content (AvgIpc) is 3.42. The van der Waals surface area contributed by atoms with E-state index in [2.05, 4.69) is 15.3 Å². The second-order valence-electron chi connectivity index (χ2n) is 6.62. The van der Waals surface area contributed by atoms with Gasteiger partial charge in [0.25, 0.3) is 5.91 Å². The molecular formula is C22H17N3O2S2. The van der Waals surface area contributed by atoms with E-state index in [1.165, 1.54) is 0 Å². The third-order valence-corrected chi connectivity index (χ3v) is 7.00. The Kier molecular flexibility index (Phi) is 4.91. The number of aromatic nitrogens is 2. The van der Waals surface area contributed by atoms with Gasteiger partial charge in [-0.05, 0) is 36.8 Å². The first-order valence-corrected chi connectivity index (χ1v) is 10.9. The zero-order valence-corrected chi connectivity index (χ0v) is 17.0. The molecule has 2 aromatic heterocycles. The van der Waals surface area contributed by atoms with E-state index in [0.29, 0.717) is 6.61 Å². The number of carbonyl (C=O) groups is 1. The molecule has 7 heteroatoms. The molecule has 0 spiro atoms. The molecule has 1 unspecified atom stereocenters. The van der Waals surface area contributed by atoms with Gasteiger partial charge in [-0.25, -0.2) is 4.98 Å². The molecule has 0 saturated heterocycles. The van der Waals surface area contributed by atoms with Gasteiger partial charge in [-0.1, -0.05) is 24.3 Å². The van der Waals surface area contributed by atoms with E-state index < -0.39 is 0 Å². The van der Waals surface area contributed by atoms with E-state index in [1.807, 2.05) is 60.8 Å². The van der Waals surface area contributed by atoms with Gasteiger partial charge in [0.2, 0.25) is 0 Å². The van der Waals surface area contributed by atoms with Gasteiger partial charge >= 0.3 is 0 Å². The Hall–Kier alpha value is -2.90. The van der Waals surface area contributed by atoms with Crippen LogP contribution in [-0.4, -0.2) is 27.7 Å². The van der Waals surface area contributed by atoms with E-state index in [9.17, 15) is 4.79 Å². The largest absolute Gasteiger partial charge is 0.493 e. The summed E-state index contributed by atoms with van der Waals surface area (Å²) in [5, 5.41) is 4.09. The predicted molar refractivity (Wildman–Crippen MR) is 119 cm³/mol. The molecule has 0 saturated carbocycles. The van der Waals surface area contributed by atoms with Crippen LogP contribution in [0.5, 0.6) is 0 Å². The Balaban J connectivity index is 1.30. The smallest absolute Gasteiger partial charge is 0.261 e. The van der Waals surface area contributed by atoms with Crippen LogP contribution in [0.25, 0.3) is 20.8 Å². The third kappa shape index (κ3) is 3.83. The zero-order valence-electron chi connectivity index (χ0n) is 15.4. The van der Waals surface area contributed by atoms with Gasteiger partial charge in [0.15, 0.2) is 0 Å². The number of allylic oxidation sites excluding steroid dienone is 3. The lowest BCUT2D eigenvalue weighted by atomic mass is 10.2. The van der Waals surface area contributed by atoms with Gasteiger partial charge in [0, 0.05) is 23.6 Å². The number of ether oxygens (including phenoxy) is 1. The van der Waals surface area contributed by atoms with Crippen LogP contribution in [0.3, 0.4) is 0 Å². The fourth-order valence-corrected chi connectivity index (χ4v) is 5.26. The maximum Gasteiger partial charge on any atom is 0.261 e. The van der Waals surface area contributed by atoms with Crippen LogP contribution in [0, 0.1) is 0 Å². The first-order chi connectivity index (χ1) is 14.3. The molecule has 1 atom stereocenters. The molecule has 3 aromatic rings. The number of benzene rings is 1. The number of hydrogen-bond donors (Lipinski definition) is 1. The van der Waals surface area contributed by atoms with Gasteiger partial charge < -0.3 is 10.1 Å². The summed E-state index contributed by atoms with van der Waals surface area (Å²) in [6.07, 6.45) is 12.3. The highest BCUT2D eigenvalue weighted by atomic mass is 32.2. The number of fused-ring (bicyclic) bond motifs is 1. The first kappa shape index (κ1) is 18.1. The van der Waals surface area contributed by atoms with Crippen molar-refractivity contribution >= 4 is 44.9 Å². The molecule has 1 N–H and O–H groups in total. The van der Waals surface area contributed by atoms with Crippen molar-refractivity contribution in [2.24, 2.45) is 0 Å². The monoisotopic (exact) mass is 419 g/mol. The van der Waals surface area contributed by atoms with Gasteiger partial charge in [-0.15, -0.1) is 23.1 Å². The fraction of sp³-hybridized carbons (Fsp3) is 0.136. The normalized spacial score (nSPS) is 18.3. The number of amides is 1. The molecule has 1 aromatic carbocycles. The molecule has 2 aliphatic heterocycles. The third-order valence-electron chi connectivity index (χ3n) is 4.63. The summed E-state index contributed by atoms with van der Waals surface area (Å²) in [7, 11) is 0. The Morgan fingerprint density at radius 1 is 1.28 bits per heavy atom. The molecule has 5 rings (SSSR count). The summed E-state index contributed by atoms with van der Waals surface area (Å²) in [4.78, 5) is 22.3. The summed E-state index contributed by atoms with van der Waals surface area (Å²) in [5.74, 6) is 0.846. The average molecular weight is 420 g/mol. The molecule has 144 valence electrons. The fourth-order valence-electron chi connectivity index (χ4n) is 3.22. The standard InChI is InChI=1S/C22H17N3O2S2/c26-21(19-8-7-18(28-19)17-6-1-2-11-27-17)24-15-5-3-4-14(12-15)22-25-16-9-10-23-13-20(16)29-22/h1-6,8-10,12-13,18H,7,11H2,(H,24,26). The molecular weight excluding hydrogens is 402 g/mol. The summed E-state index contributed by atoms with van der Waals surface area (Å²) >= 11 is 3.14. The lowest BCUT2D eigenvalue weighted by Crippen LogP contribution is -2.13. The number of pyridine rings is 1. The molecule has 0 bridgehead atoms. The van der Waals surface area contributed by atoms with Crippen molar-refractivity contribution in [1.82, 2.24) is 9.97 Å². The van der Waals surface area contributed by atoms with Crippen LogP contribution in [0.1, 0.15) is 6.42 Å². The Labute approximate surface area is 176 Å². The van der Waals surface area contributed by atoms with Crippen molar-refractivity contribution in [2.45, 2.75) is 11.7 Å². The molecule has 5 nitrogen and oxygen atoms in total. The van der Waals surface area contributed by atoms with E-state index in [1.54, 1.807) is 29.3 Å². The SMILES string of the molecule is O=C(Nc1cccc(-c2nc3ccncc3s2)c1)C1=CCC(C2=CC=CCO2)S1. The maximum absolute atomic E-state index is 12.7. The molecule has 0 radical (unpaired) electrons. The van der Waals surface area contributed by atoms with Crippen molar-refractivity contribution in [3.63, 3.8) is 0 Å². The van der Waals surface area contributed by atoms with E-state index in [-0.39, 0.29) is 11.2 Å². The van der Waals surface area contributed by atoms with Crippen LogP contribution < -0.4 is 5.32 Å². The van der Waals surface area contributed by atoms with Gasteiger partial charge in [0.05, 0.1) is 20.4 Å². The Morgan fingerprint density at radius 2 is 2.24 bits per heavy atom. The topological polar surface area (TPSA) is 64.1 Å². The van der Waals surface area contributed by atoms with Crippen LogP contribution in [-0.2, 0) is 9.53 Å². The first-order valence-electron chi connectivity index (χ1n) is 9.25. The highest BCUT2D eigenvalue weighted by Gasteiger charge is 2.27. The molecule has 1 amide bonds. The second-order valence-corrected chi connectivity index (χ2v) is 8.89. The number of thiazole rings is 1. The lowest BCUT2D eigenvalue weighted by molar-refractivity contribution is -0.112. The van der Waals surface area contributed by atoms with Crippen molar-refractivity contribution < 1.29 is 9.53 Å². The van der Waals surface area contributed by atoms with Gasteiger partial charge in [-0.2, -0.15) is 0 Å². The molecule has 0 aliphatic carbocycles. The van der Waals surface area contributed by atoms with E-state index in [4.69, 9.17) is 4.74 Å². The number of rotatable bonds is 4. The second kappa shape index (κ2) is 7.85. The lowest BCUT2D eigenvalue weighted by Gasteiger charge is -2.17. The molecule has 29 heavy (non-hydrogen) atoms. The van der Waals surface area contributed by atoms with Crippen molar-refractivity contribution in [3.8, 4) is 10.6 Å². The minimum Gasteiger partial charge on any atom is -0.493 e. The zero-order chi connectivity index (χ0) is 19.6. The molecule has 4 heterocycles. The minimum absolute atomic E-state index is 0.0879. The van der Waals surface area contributed by atoms with Gasteiger partial charge in [0.1, 0.15) is 17.4 Å². The van der Waals surface area contributed by atoms with Crippen LogP contribution >= 0.6 is 23.1 Å². The number of hydrogen-bond acceptors (Lipinski definition) is 6. The van der Waals surface area contributed by atoms with Crippen LogP contribution in [0.15, 0.2) is 77.7 Å². The number of nitrogens with one attached hydrogen (secondary N) is 1. The van der Waals surface area contributed by atoms with E-state index >= 15 is 0 Å². The Morgan fingerprint density at radius 3 is 3.10 bits per heavy atom. The highest BCUT2D eigenvalue weighted by Crippen LogP contribution is 2.38. The van der Waals surface area contributed by atoms with Crippen molar-refractivity contribution in [3.05, 3.63) is 77.7 Å². The van der Waals surface area contributed by atoms with Crippen molar-refractivity contribution in [2.75, 3.05) is 11.9 Å². The summed E-state index contributed by atoms with van der Waals surface area (Å²) in [6, 6.07) is 9.69. The van der Waals surface area contributed by atoms with Crippen LogP contribution in [0.4, 0.5) is 5.69 Å². The highest BCUT2D eigenvalue weighted by molar-refractivity contribution is 8.05. The Bertz CT molecular complexity index is 1150. The number of thioether (sulfide) groups is 1. The molecule has 2 aliphatic rings. The van der Waals surface area contributed by atoms with Gasteiger partial charge in [-0.3, -0.25) is 9.78 Å². The summed E-state index contributed by atoms with van der Waals surface area (Å²) in [5.41, 5.74) is 2.66. The van der Waals surface area contributed by atoms with E-state index in [0.717, 1.165) is 43.6 Å². The summed E-state index contributed by atoms with van der Waals surface area (Å²) < 4.78 is 6.72. The quantitative estimate of drug-likeness (QED) is 0.633. The summed E-state index contributed by atoms with van der Waals surface area (Å²) in [6.45, 7) is 0.596. The number of anilines is 1. The van der Waals surface area contributed by atoms with Crippen molar-refractivity contribution in [1.29, 1.82) is 0 Å². The predicted octanol–water partition coefficient (Wildman–Crippen LogP) is 5.16. The molecule has 0 fully saturated rings. The van der Waals surface area contributed by atoms with Crippen LogP contribution in [0.2, 0.25) is 0 Å². The number of carbonyl (C=O) groups excluding carboxylic acids is 1. The maximum atomic E-state index is 12.7. The number of nitrogens with zero attached hydrogens (tertiary/aromatic N) is 2. The minimum atomic E-state index is -0.0879.